The second-order valence-electron chi connectivity index (χ2n) is 2.39. The summed E-state index contributed by atoms with van der Waals surface area (Å²) in [7, 11) is 0. The molecule has 0 amide bonds. The SMILES string of the molecule is C#COC(=O)c1ccc(C(=O)O)cc1. The zero-order chi connectivity index (χ0) is 10.6. The van der Waals surface area contributed by atoms with E-state index in [2.05, 4.69) is 4.74 Å². The summed E-state index contributed by atoms with van der Waals surface area (Å²) in [6, 6.07) is 5.27. The van der Waals surface area contributed by atoms with Crippen LogP contribution in [0.3, 0.4) is 0 Å². The molecule has 14 heavy (non-hydrogen) atoms. The highest BCUT2D eigenvalue weighted by molar-refractivity contribution is 5.92. The van der Waals surface area contributed by atoms with Crippen LogP contribution in [0.5, 0.6) is 0 Å². The maximum atomic E-state index is 11.0. The lowest BCUT2D eigenvalue weighted by molar-refractivity contribution is 0.0678. The van der Waals surface area contributed by atoms with E-state index in [1.165, 1.54) is 24.3 Å². The molecule has 0 radical (unpaired) electrons. The standard InChI is InChI=1S/C10H6O4/c1-2-14-10(13)8-5-3-7(4-6-8)9(11)12/h1,3-6H,(H,11,12). The van der Waals surface area contributed by atoms with Gasteiger partial charge in [-0.1, -0.05) is 6.42 Å². The van der Waals surface area contributed by atoms with Crippen LogP contribution in [0, 0.1) is 12.5 Å². The molecule has 0 fully saturated rings. The molecule has 0 aliphatic heterocycles. The number of benzene rings is 1. The van der Waals surface area contributed by atoms with Gasteiger partial charge in [-0.25, -0.2) is 9.59 Å². The maximum Gasteiger partial charge on any atom is 0.352 e. The molecule has 0 aliphatic rings. The lowest BCUT2D eigenvalue weighted by atomic mass is 10.1. The molecule has 0 saturated heterocycles. The minimum Gasteiger partial charge on any atom is -0.478 e. The van der Waals surface area contributed by atoms with E-state index in [9.17, 15) is 9.59 Å². The number of rotatable bonds is 2. The van der Waals surface area contributed by atoms with Gasteiger partial charge < -0.3 is 9.84 Å². The van der Waals surface area contributed by atoms with Gasteiger partial charge in [-0.05, 0) is 24.3 Å². The van der Waals surface area contributed by atoms with Gasteiger partial charge in [-0.15, -0.1) is 0 Å². The largest absolute Gasteiger partial charge is 0.478 e. The van der Waals surface area contributed by atoms with Gasteiger partial charge in [0.1, 0.15) is 6.11 Å². The highest BCUT2D eigenvalue weighted by Crippen LogP contribution is 2.05. The number of carbonyl (C=O) groups excluding carboxylic acids is 1. The van der Waals surface area contributed by atoms with Gasteiger partial charge >= 0.3 is 11.9 Å². The van der Waals surface area contributed by atoms with Gasteiger partial charge in [0.15, 0.2) is 0 Å². The summed E-state index contributed by atoms with van der Waals surface area (Å²) in [5.41, 5.74) is 0.315. The quantitative estimate of drug-likeness (QED) is 0.560. The van der Waals surface area contributed by atoms with Gasteiger partial charge in [0.2, 0.25) is 0 Å². The fourth-order valence-electron chi connectivity index (χ4n) is 0.861. The molecule has 0 unspecified atom stereocenters. The van der Waals surface area contributed by atoms with Gasteiger partial charge in [-0.2, -0.15) is 0 Å². The number of aromatic carboxylic acids is 1. The molecule has 0 heterocycles. The zero-order valence-corrected chi connectivity index (χ0v) is 7.06. The van der Waals surface area contributed by atoms with E-state index in [-0.39, 0.29) is 11.1 Å². The van der Waals surface area contributed by atoms with Crippen molar-refractivity contribution in [3.8, 4) is 12.5 Å². The predicted octanol–water partition coefficient (Wildman–Crippen LogP) is 1.13. The summed E-state index contributed by atoms with van der Waals surface area (Å²) in [6.45, 7) is 0. The van der Waals surface area contributed by atoms with Crippen molar-refractivity contribution in [3.05, 3.63) is 35.4 Å². The van der Waals surface area contributed by atoms with Crippen molar-refractivity contribution in [1.82, 2.24) is 0 Å². The molecule has 1 N–H and O–H groups in total. The molecule has 4 heteroatoms. The van der Waals surface area contributed by atoms with Crippen LogP contribution in [0.2, 0.25) is 0 Å². The number of terminal acetylenes is 1. The first kappa shape index (κ1) is 9.81. The Bertz CT molecular complexity index is 397. The Morgan fingerprint density at radius 2 is 1.71 bits per heavy atom. The maximum absolute atomic E-state index is 11.0. The van der Waals surface area contributed by atoms with Crippen LogP contribution < -0.4 is 0 Å². The van der Waals surface area contributed by atoms with Crippen molar-refractivity contribution in [2.45, 2.75) is 0 Å². The fourth-order valence-corrected chi connectivity index (χ4v) is 0.861. The number of carbonyl (C=O) groups is 2. The molecule has 0 atom stereocenters. The Morgan fingerprint density at radius 3 is 2.14 bits per heavy atom. The first-order valence-corrected chi connectivity index (χ1v) is 3.65. The average Bonchev–Trinajstić information content (AvgIpc) is 2.18. The number of hydrogen-bond donors (Lipinski definition) is 1. The average molecular weight is 190 g/mol. The molecule has 0 bridgehead atoms. The van der Waals surface area contributed by atoms with Crippen molar-refractivity contribution < 1.29 is 19.4 Å². The summed E-state index contributed by atoms with van der Waals surface area (Å²) in [4.78, 5) is 21.5. The number of hydrogen-bond acceptors (Lipinski definition) is 3. The number of ether oxygens (including phenoxy) is 1. The normalized spacial score (nSPS) is 8.79. The molecule has 0 aliphatic carbocycles. The van der Waals surface area contributed by atoms with Crippen molar-refractivity contribution >= 4 is 11.9 Å². The second-order valence-corrected chi connectivity index (χ2v) is 2.39. The Balaban J connectivity index is 2.89. The first-order valence-electron chi connectivity index (χ1n) is 3.65. The Hall–Kier alpha value is -2.28. The second kappa shape index (κ2) is 4.10. The van der Waals surface area contributed by atoms with Gasteiger partial charge in [0.25, 0.3) is 0 Å². The van der Waals surface area contributed by atoms with Crippen molar-refractivity contribution in [1.29, 1.82) is 0 Å². The Labute approximate surface area is 80.1 Å². The summed E-state index contributed by atoms with van der Waals surface area (Å²) in [5, 5.41) is 8.57. The minimum absolute atomic E-state index is 0.0993. The zero-order valence-electron chi connectivity index (χ0n) is 7.06. The van der Waals surface area contributed by atoms with Crippen LogP contribution in [0.1, 0.15) is 20.7 Å². The topological polar surface area (TPSA) is 63.6 Å². The van der Waals surface area contributed by atoms with E-state index >= 15 is 0 Å². The van der Waals surface area contributed by atoms with E-state index < -0.39 is 11.9 Å². The van der Waals surface area contributed by atoms with Gasteiger partial charge in [0, 0.05) is 0 Å². The van der Waals surface area contributed by atoms with Crippen molar-refractivity contribution in [2.75, 3.05) is 0 Å². The molecule has 70 valence electrons. The van der Waals surface area contributed by atoms with Crippen LogP contribution in [-0.4, -0.2) is 17.0 Å². The van der Waals surface area contributed by atoms with Gasteiger partial charge in [-0.3, -0.25) is 0 Å². The molecule has 4 nitrogen and oxygen atoms in total. The van der Waals surface area contributed by atoms with Crippen LogP contribution in [-0.2, 0) is 4.74 Å². The highest BCUT2D eigenvalue weighted by Gasteiger charge is 2.07. The Kier molecular flexibility index (Phi) is 2.87. The molecule has 1 aromatic carbocycles. The molecule has 0 aromatic heterocycles. The fraction of sp³-hybridized carbons (Fsp3) is 0. The molecular weight excluding hydrogens is 184 g/mol. The lowest BCUT2D eigenvalue weighted by Gasteiger charge is -1.97. The molecule has 0 saturated carbocycles. The van der Waals surface area contributed by atoms with E-state index in [1.54, 1.807) is 6.11 Å². The van der Waals surface area contributed by atoms with Crippen LogP contribution in [0.15, 0.2) is 24.3 Å². The molecular formula is C10H6O4. The highest BCUT2D eigenvalue weighted by atomic mass is 16.5. The smallest absolute Gasteiger partial charge is 0.352 e. The van der Waals surface area contributed by atoms with Crippen LogP contribution in [0.4, 0.5) is 0 Å². The Morgan fingerprint density at radius 1 is 1.21 bits per heavy atom. The summed E-state index contributed by atoms with van der Waals surface area (Å²) >= 11 is 0. The van der Waals surface area contributed by atoms with E-state index in [0.29, 0.717) is 0 Å². The summed E-state index contributed by atoms with van der Waals surface area (Å²) in [5.74, 6) is -1.73. The lowest BCUT2D eigenvalue weighted by Crippen LogP contribution is -2.02. The van der Waals surface area contributed by atoms with E-state index in [4.69, 9.17) is 11.5 Å². The van der Waals surface area contributed by atoms with Gasteiger partial charge in [0.05, 0.1) is 11.1 Å². The number of carboxylic acids is 1. The molecule has 1 aromatic rings. The summed E-state index contributed by atoms with van der Waals surface area (Å²) in [6.07, 6.45) is 6.50. The van der Waals surface area contributed by atoms with E-state index in [0.717, 1.165) is 0 Å². The van der Waals surface area contributed by atoms with E-state index in [1.807, 2.05) is 0 Å². The number of esters is 1. The van der Waals surface area contributed by atoms with Crippen molar-refractivity contribution in [3.63, 3.8) is 0 Å². The van der Waals surface area contributed by atoms with Crippen molar-refractivity contribution in [2.24, 2.45) is 0 Å². The van der Waals surface area contributed by atoms with Crippen LogP contribution >= 0.6 is 0 Å². The first-order chi connectivity index (χ1) is 6.65. The van der Waals surface area contributed by atoms with Crippen LogP contribution in [0.25, 0.3) is 0 Å². The number of carboxylic acid groups (broad SMARTS) is 1. The monoisotopic (exact) mass is 190 g/mol. The predicted molar refractivity (Wildman–Crippen MR) is 47.6 cm³/mol. The minimum atomic E-state index is -1.05. The third-order valence-corrected chi connectivity index (χ3v) is 1.52. The molecule has 0 spiro atoms. The third-order valence-electron chi connectivity index (χ3n) is 1.52. The summed E-state index contributed by atoms with van der Waals surface area (Å²) < 4.78 is 4.27. The molecule has 1 rings (SSSR count). The third kappa shape index (κ3) is 2.11.